The lowest BCUT2D eigenvalue weighted by Crippen LogP contribution is -1.94. The van der Waals surface area contributed by atoms with Crippen molar-refractivity contribution in [2.24, 2.45) is 0 Å². The van der Waals surface area contributed by atoms with Crippen LogP contribution < -0.4 is 10.6 Å². The topological polar surface area (TPSA) is 60.7 Å². The minimum Gasteiger partial charge on any atom is -0.364 e. The van der Waals surface area contributed by atoms with Gasteiger partial charge in [-0.1, -0.05) is 17.4 Å². The number of aromatic nitrogens is 1. The molecule has 4 nitrogen and oxygen atoms in total. The lowest BCUT2D eigenvalue weighted by molar-refractivity contribution is 1.31. The summed E-state index contributed by atoms with van der Waals surface area (Å²) in [6.07, 6.45) is 0. The maximum Gasteiger partial charge on any atom is 0.185 e. The Morgan fingerprint density at radius 2 is 2.06 bits per heavy atom. The number of benzene rings is 1. The molecular formula is C13H14N4S. The van der Waals surface area contributed by atoms with E-state index in [-0.39, 0.29) is 0 Å². The Morgan fingerprint density at radius 1 is 1.28 bits per heavy atom. The van der Waals surface area contributed by atoms with E-state index in [1.54, 1.807) is 7.05 Å². The van der Waals surface area contributed by atoms with Crippen molar-refractivity contribution >= 4 is 28.0 Å². The molecule has 0 amide bonds. The molecule has 0 radical (unpaired) electrons. The number of hydrogen-bond acceptors (Lipinski definition) is 5. The molecule has 0 aliphatic heterocycles. The zero-order valence-electron chi connectivity index (χ0n) is 10.5. The minimum atomic E-state index is 0.581. The van der Waals surface area contributed by atoms with Crippen molar-refractivity contribution in [2.45, 2.75) is 13.8 Å². The van der Waals surface area contributed by atoms with Crippen LogP contribution in [0.1, 0.15) is 16.0 Å². The second kappa shape index (κ2) is 5.07. The maximum absolute atomic E-state index is 9.06. The van der Waals surface area contributed by atoms with Crippen LogP contribution >= 0.6 is 11.3 Å². The molecule has 0 saturated carbocycles. The van der Waals surface area contributed by atoms with Crippen LogP contribution in [0.25, 0.3) is 0 Å². The van der Waals surface area contributed by atoms with Crippen LogP contribution in [0.4, 0.5) is 16.6 Å². The van der Waals surface area contributed by atoms with Gasteiger partial charge in [-0.15, -0.1) is 0 Å². The van der Waals surface area contributed by atoms with Gasteiger partial charge in [0.25, 0.3) is 0 Å². The fraction of sp³-hybridized carbons (Fsp3) is 0.231. The maximum atomic E-state index is 9.06. The largest absolute Gasteiger partial charge is 0.364 e. The number of nitriles is 1. The molecule has 0 saturated heterocycles. The Labute approximate surface area is 110 Å². The predicted molar refractivity (Wildman–Crippen MR) is 75.6 cm³/mol. The molecule has 0 bridgehead atoms. The Hall–Kier alpha value is -2.06. The van der Waals surface area contributed by atoms with Crippen molar-refractivity contribution in [2.75, 3.05) is 17.7 Å². The summed E-state index contributed by atoms with van der Waals surface area (Å²) in [7, 11) is 1.79. The molecule has 0 aliphatic carbocycles. The van der Waals surface area contributed by atoms with Gasteiger partial charge >= 0.3 is 0 Å². The summed E-state index contributed by atoms with van der Waals surface area (Å²) in [5.74, 6) is 0.607. The summed E-state index contributed by atoms with van der Waals surface area (Å²) in [5, 5.41) is 15.9. The van der Waals surface area contributed by atoms with Crippen LogP contribution in [0.3, 0.4) is 0 Å². The molecule has 2 rings (SSSR count). The first kappa shape index (κ1) is 12.4. The number of rotatable bonds is 3. The van der Waals surface area contributed by atoms with E-state index in [0.717, 1.165) is 10.8 Å². The van der Waals surface area contributed by atoms with Gasteiger partial charge in [0, 0.05) is 12.7 Å². The van der Waals surface area contributed by atoms with Crippen molar-refractivity contribution in [1.82, 2.24) is 4.98 Å². The average molecular weight is 258 g/mol. The third-order valence-corrected chi connectivity index (χ3v) is 3.69. The molecule has 0 unspecified atom stereocenters. The first-order valence-electron chi connectivity index (χ1n) is 5.57. The van der Waals surface area contributed by atoms with Gasteiger partial charge in [0.05, 0.1) is 0 Å². The summed E-state index contributed by atoms with van der Waals surface area (Å²) in [4.78, 5) is 4.90. The molecule has 5 heteroatoms. The van der Waals surface area contributed by atoms with Crippen LogP contribution in [0.15, 0.2) is 18.2 Å². The second-order valence-corrected chi connectivity index (χ2v) is 4.98. The van der Waals surface area contributed by atoms with E-state index in [4.69, 9.17) is 5.26 Å². The molecule has 2 aromatic rings. The van der Waals surface area contributed by atoms with E-state index in [9.17, 15) is 0 Å². The molecular weight excluding hydrogens is 244 g/mol. The first-order valence-corrected chi connectivity index (χ1v) is 6.38. The molecule has 18 heavy (non-hydrogen) atoms. The Balaban J connectivity index is 2.30. The molecule has 92 valence electrons. The van der Waals surface area contributed by atoms with Crippen molar-refractivity contribution < 1.29 is 0 Å². The Kier molecular flexibility index (Phi) is 3.49. The van der Waals surface area contributed by atoms with E-state index >= 15 is 0 Å². The molecule has 1 aromatic carbocycles. The zero-order chi connectivity index (χ0) is 13.1. The Morgan fingerprint density at radius 3 is 2.67 bits per heavy atom. The zero-order valence-corrected chi connectivity index (χ0v) is 11.4. The highest BCUT2D eigenvalue weighted by atomic mass is 32.1. The van der Waals surface area contributed by atoms with Gasteiger partial charge in [-0.3, -0.25) is 0 Å². The summed E-state index contributed by atoms with van der Waals surface area (Å²) >= 11 is 1.34. The molecule has 0 atom stereocenters. The molecule has 1 heterocycles. The van der Waals surface area contributed by atoms with Gasteiger partial charge in [0.1, 0.15) is 6.07 Å². The summed E-state index contributed by atoms with van der Waals surface area (Å²) in [5.41, 5.74) is 3.40. The number of nitrogens with one attached hydrogen (secondary N) is 2. The highest BCUT2D eigenvalue weighted by Crippen LogP contribution is 2.28. The highest BCUT2D eigenvalue weighted by molar-refractivity contribution is 7.16. The van der Waals surface area contributed by atoms with E-state index in [1.165, 1.54) is 22.5 Å². The predicted octanol–water partition coefficient (Wildman–Crippen LogP) is 3.42. The summed E-state index contributed by atoms with van der Waals surface area (Å²) < 4.78 is 0. The van der Waals surface area contributed by atoms with E-state index in [1.807, 2.05) is 6.07 Å². The van der Waals surface area contributed by atoms with Crippen LogP contribution in [0.5, 0.6) is 0 Å². The third-order valence-electron chi connectivity index (χ3n) is 2.71. The molecule has 0 spiro atoms. The van der Waals surface area contributed by atoms with Gasteiger partial charge < -0.3 is 10.6 Å². The van der Waals surface area contributed by atoms with Crippen molar-refractivity contribution in [3.8, 4) is 6.07 Å². The molecule has 0 fully saturated rings. The summed E-state index contributed by atoms with van der Waals surface area (Å²) in [6.45, 7) is 4.13. The van der Waals surface area contributed by atoms with Crippen LogP contribution in [0.2, 0.25) is 0 Å². The molecule has 0 aliphatic rings. The van der Waals surface area contributed by atoms with Crippen molar-refractivity contribution in [3.05, 3.63) is 34.2 Å². The van der Waals surface area contributed by atoms with Gasteiger partial charge in [0.2, 0.25) is 0 Å². The Bertz CT molecular complexity index is 610. The van der Waals surface area contributed by atoms with Crippen LogP contribution in [-0.4, -0.2) is 12.0 Å². The monoisotopic (exact) mass is 258 g/mol. The SMILES string of the molecule is CNc1nc(Nc2ccc(C)c(C)c2)c(C#N)s1. The van der Waals surface area contributed by atoms with Gasteiger partial charge in [-0.05, 0) is 37.1 Å². The van der Waals surface area contributed by atoms with Crippen molar-refractivity contribution in [1.29, 1.82) is 5.26 Å². The van der Waals surface area contributed by atoms with Crippen molar-refractivity contribution in [3.63, 3.8) is 0 Å². The standard InChI is InChI=1S/C13H14N4S/c1-8-4-5-10(6-9(8)2)16-12-11(7-14)18-13(15-3)17-12/h4-6,16H,1-3H3,(H,15,17). The van der Waals surface area contributed by atoms with Crippen LogP contribution in [-0.2, 0) is 0 Å². The number of anilines is 3. The third kappa shape index (κ3) is 2.44. The van der Waals surface area contributed by atoms with E-state index < -0.39 is 0 Å². The quantitative estimate of drug-likeness (QED) is 0.885. The number of nitrogens with zero attached hydrogens (tertiary/aromatic N) is 2. The van der Waals surface area contributed by atoms with Gasteiger partial charge in [-0.25, -0.2) is 4.98 Å². The normalized spacial score (nSPS) is 9.89. The summed E-state index contributed by atoms with van der Waals surface area (Å²) in [6, 6.07) is 8.24. The lowest BCUT2D eigenvalue weighted by atomic mass is 10.1. The lowest BCUT2D eigenvalue weighted by Gasteiger charge is -2.06. The van der Waals surface area contributed by atoms with E-state index in [0.29, 0.717) is 10.7 Å². The second-order valence-electron chi connectivity index (χ2n) is 3.98. The fourth-order valence-corrected chi connectivity index (χ4v) is 2.21. The molecule has 2 N–H and O–H groups in total. The average Bonchev–Trinajstić information content (AvgIpc) is 2.76. The highest BCUT2D eigenvalue weighted by Gasteiger charge is 2.10. The van der Waals surface area contributed by atoms with E-state index in [2.05, 4.69) is 47.7 Å². The van der Waals surface area contributed by atoms with Gasteiger partial charge in [0.15, 0.2) is 15.8 Å². The van der Waals surface area contributed by atoms with Crippen LogP contribution in [0, 0.1) is 25.2 Å². The molecule has 1 aromatic heterocycles. The first-order chi connectivity index (χ1) is 8.63. The van der Waals surface area contributed by atoms with Gasteiger partial charge in [-0.2, -0.15) is 5.26 Å². The number of hydrogen-bond donors (Lipinski definition) is 2. The smallest absolute Gasteiger partial charge is 0.185 e. The number of thiazole rings is 1. The minimum absolute atomic E-state index is 0.581. The number of aryl methyl sites for hydroxylation is 2. The fourth-order valence-electron chi connectivity index (χ4n) is 1.54.